The number of hydrogen-bond acceptors (Lipinski definition) is 5. The average Bonchev–Trinajstić information content (AvgIpc) is 3.15. The third-order valence-electron chi connectivity index (χ3n) is 4.73. The summed E-state index contributed by atoms with van der Waals surface area (Å²) in [4.78, 5) is 14.7. The first-order valence-corrected chi connectivity index (χ1v) is 7.89. The van der Waals surface area contributed by atoms with Crippen LogP contribution in [-0.2, 0) is 4.74 Å². The number of aryl methyl sites for hydroxylation is 1. The van der Waals surface area contributed by atoms with Gasteiger partial charge in [0.1, 0.15) is 11.3 Å². The Bertz CT molecular complexity index is 740. The lowest BCUT2D eigenvalue weighted by atomic mass is 10.1. The maximum atomic E-state index is 12.9. The summed E-state index contributed by atoms with van der Waals surface area (Å²) in [6.07, 6.45) is 0.0810. The summed E-state index contributed by atoms with van der Waals surface area (Å²) in [6, 6.07) is 5.84. The van der Waals surface area contributed by atoms with Crippen LogP contribution in [0.3, 0.4) is 0 Å². The number of fused-ring (bicyclic) bond motifs is 2. The highest BCUT2D eigenvalue weighted by Crippen LogP contribution is 2.30. The van der Waals surface area contributed by atoms with Gasteiger partial charge < -0.3 is 24.1 Å². The van der Waals surface area contributed by atoms with Crippen LogP contribution in [0.25, 0.3) is 11.0 Å². The molecule has 1 amide bonds. The zero-order valence-electron chi connectivity index (χ0n) is 13.3. The lowest BCUT2D eigenvalue weighted by molar-refractivity contribution is 0.0175. The average molecular weight is 316 g/mol. The van der Waals surface area contributed by atoms with E-state index in [0.717, 1.165) is 23.2 Å². The number of methoxy groups -OCH3 is 1. The molecule has 0 spiro atoms. The Morgan fingerprint density at radius 3 is 3.04 bits per heavy atom. The minimum atomic E-state index is -0.0718. The molecule has 0 aliphatic carbocycles. The monoisotopic (exact) mass is 316 g/mol. The molecule has 2 aromatic rings. The van der Waals surface area contributed by atoms with Crippen molar-refractivity contribution >= 4 is 16.9 Å². The first-order chi connectivity index (χ1) is 11.2. The van der Waals surface area contributed by atoms with E-state index in [4.69, 9.17) is 13.9 Å². The number of likely N-dealkylation sites (tertiary alicyclic amines) is 1. The lowest BCUT2D eigenvalue weighted by Gasteiger charge is -2.25. The van der Waals surface area contributed by atoms with Crippen LogP contribution in [0, 0.1) is 6.92 Å². The van der Waals surface area contributed by atoms with Crippen molar-refractivity contribution < 1.29 is 18.7 Å². The van der Waals surface area contributed by atoms with Gasteiger partial charge in [0.25, 0.3) is 5.91 Å². The van der Waals surface area contributed by atoms with Crippen LogP contribution < -0.4 is 10.1 Å². The number of morpholine rings is 1. The fraction of sp³-hybridized carbons (Fsp3) is 0.471. The third-order valence-corrected chi connectivity index (χ3v) is 4.73. The summed E-state index contributed by atoms with van der Waals surface area (Å²) >= 11 is 0. The van der Waals surface area contributed by atoms with E-state index < -0.39 is 0 Å². The second kappa shape index (κ2) is 5.54. The number of carbonyl (C=O) groups excluding carboxylic acids is 1. The van der Waals surface area contributed by atoms with Crippen molar-refractivity contribution in [1.82, 2.24) is 10.2 Å². The highest BCUT2D eigenvalue weighted by molar-refractivity contribution is 5.99. The number of carbonyl (C=O) groups is 1. The number of rotatable bonds is 2. The summed E-state index contributed by atoms with van der Waals surface area (Å²) in [5, 5.41) is 4.35. The van der Waals surface area contributed by atoms with E-state index >= 15 is 0 Å². The predicted molar refractivity (Wildman–Crippen MR) is 84.9 cm³/mol. The van der Waals surface area contributed by atoms with Gasteiger partial charge in [-0.1, -0.05) is 0 Å². The van der Waals surface area contributed by atoms with Gasteiger partial charge in [-0.3, -0.25) is 4.79 Å². The normalized spacial score (nSPS) is 24.0. The minimum absolute atomic E-state index is 0.0718. The molecule has 2 aliphatic heterocycles. The lowest BCUT2D eigenvalue weighted by Crippen LogP contribution is -2.47. The fourth-order valence-corrected chi connectivity index (χ4v) is 3.44. The van der Waals surface area contributed by atoms with Crippen molar-refractivity contribution in [3.63, 3.8) is 0 Å². The van der Waals surface area contributed by atoms with Gasteiger partial charge in [0.05, 0.1) is 25.9 Å². The van der Waals surface area contributed by atoms with Crippen LogP contribution in [0.2, 0.25) is 0 Å². The van der Waals surface area contributed by atoms with Crippen molar-refractivity contribution in [2.24, 2.45) is 0 Å². The smallest absolute Gasteiger partial charge is 0.290 e. The Hall–Kier alpha value is -2.05. The molecule has 23 heavy (non-hydrogen) atoms. The molecule has 0 unspecified atom stereocenters. The molecule has 4 rings (SSSR count). The topological polar surface area (TPSA) is 63.9 Å². The van der Waals surface area contributed by atoms with Gasteiger partial charge in [-0.15, -0.1) is 0 Å². The van der Waals surface area contributed by atoms with E-state index in [9.17, 15) is 4.79 Å². The molecule has 1 aromatic heterocycles. The van der Waals surface area contributed by atoms with Crippen molar-refractivity contribution in [3.05, 3.63) is 29.5 Å². The zero-order valence-corrected chi connectivity index (χ0v) is 13.3. The fourth-order valence-electron chi connectivity index (χ4n) is 3.44. The third kappa shape index (κ3) is 2.38. The molecule has 1 aromatic carbocycles. The van der Waals surface area contributed by atoms with Gasteiger partial charge in [-0.05, 0) is 19.1 Å². The number of ether oxygens (including phenoxy) is 2. The Kier molecular flexibility index (Phi) is 3.50. The molecule has 6 nitrogen and oxygen atoms in total. The maximum absolute atomic E-state index is 12.9. The number of nitrogens with one attached hydrogen (secondary N) is 1. The zero-order chi connectivity index (χ0) is 16.0. The van der Waals surface area contributed by atoms with Crippen LogP contribution in [0.5, 0.6) is 5.75 Å². The summed E-state index contributed by atoms with van der Waals surface area (Å²) in [6.45, 7) is 4.72. The van der Waals surface area contributed by atoms with Crippen LogP contribution >= 0.6 is 0 Å². The predicted octanol–water partition coefficient (Wildman–Crippen LogP) is 1.56. The molecular weight excluding hydrogens is 296 g/mol. The number of furan rings is 1. The van der Waals surface area contributed by atoms with Crippen molar-refractivity contribution in [2.75, 3.05) is 33.4 Å². The summed E-state index contributed by atoms with van der Waals surface area (Å²) < 4.78 is 16.8. The van der Waals surface area contributed by atoms with Crippen LogP contribution in [0.15, 0.2) is 22.6 Å². The van der Waals surface area contributed by atoms with E-state index in [0.29, 0.717) is 31.0 Å². The quantitative estimate of drug-likeness (QED) is 0.911. The molecule has 0 radical (unpaired) electrons. The van der Waals surface area contributed by atoms with Crippen LogP contribution in [0.1, 0.15) is 16.1 Å². The standard InChI is InChI=1S/C17H20N2O4/c1-10-12-4-3-11(21-2)7-14(12)23-16(10)17(20)19-8-13-15(9-19)22-6-5-18-13/h3-4,7,13,15,18H,5-6,8-9H2,1-2H3/t13-,15-/m0/s1. The second-order valence-corrected chi connectivity index (χ2v) is 6.10. The second-order valence-electron chi connectivity index (χ2n) is 6.10. The molecular formula is C17H20N2O4. The molecule has 2 saturated heterocycles. The van der Waals surface area contributed by atoms with Crippen molar-refractivity contribution in [1.29, 1.82) is 0 Å². The highest BCUT2D eigenvalue weighted by atomic mass is 16.5. The number of nitrogens with zero attached hydrogens (tertiary/aromatic N) is 1. The van der Waals surface area contributed by atoms with Crippen molar-refractivity contribution in [3.8, 4) is 5.75 Å². The Balaban J connectivity index is 1.63. The molecule has 1 N–H and O–H groups in total. The van der Waals surface area contributed by atoms with E-state index in [1.807, 2.05) is 30.0 Å². The number of amides is 1. The molecule has 2 aliphatic rings. The molecule has 0 bridgehead atoms. The Morgan fingerprint density at radius 2 is 2.26 bits per heavy atom. The molecule has 2 fully saturated rings. The summed E-state index contributed by atoms with van der Waals surface area (Å²) in [5.74, 6) is 1.06. The van der Waals surface area contributed by atoms with E-state index in [1.54, 1.807) is 7.11 Å². The Morgan fingerprint density at radius 1 is 1.39 bits per heavy atom. The summed E-state index contributed by atoms with van der Waals surface area (Å²) in [5.41, 5.74) is 1.55. The number of benzene rings is 1. The summed E-state index contributed by atoms with van der Waals surface area (Å²) in [7, 11) is 1.61. The van der Waals surface area contributed by atoms with Gasteiger partial charge >= 0.3 is 0 Å². The van der Waals surface area contributed by atoms with Crippen LogP contribution in [0.4, 0.5) is 0 Å². The maximum Gasteiger partial charge on any atom is 0.290 e. The SMILES string of the molecule is COc1ccc2c(C)c(C(=O)N3C[C@@H]4NCCO[C@H]4C3)oc2c1. The molecule has 2 atom stereocenters. The molecule has 122 valence electrons. The number of hydrogen-bond donors (Lipinski definition) is 1. The first kappa shape index (κ1) is 14.5. The highest BCUT2D eigenvalue weighted by Gasteiger charge is 2.39. The molecule has 0 saturated carbocycles. The van der Waals surface area contributed by atoms with Gasteiger partial charge in [-0.2, -0.15) is 0 Å². The van der Waals surface area contributed by atoms with Gasteiger partial charge in [0.2, 0.25) is 0 Å². The van der Waals surface area contributed by atoms with E-state index in [-0.39, 0.29) is 18.1 Å². The van der Waals surface area contributed by atoms with Gasteiger partial charge in [0, 0.05) is 36.7 Å². The molecule has 3 heterocycles. The Labute approximate surface area is 134 Å². The van der Waals surface area contributed by atoms with E-state index in [1.165, 1.54) is 0 Å². The van der Waals surface area contributed by atoms with Gasteiger partial charge in [-0.25, -0.2) is 0 Å². The first-order valence-electron chi connectivity index (χ1n) is 7.89. The molecule has 6 heteroatoms. The van der Waals surface area contributed by atoms with E-state index in [2.05, 4.69) is 5.32 Å². The van der Waals surface area contributed by atoms with Crippen molar-refractivity contribution in [2.45, 2.75) is 19.1 Å². The largest absolute Gasteiger partial charge is 0.497 e. The van der Waals surface area contributed by atoms with Crippen LogP contribution in [-0.4, -0.2) is 56.3 Å². The van der Waals surface area contributed by atoms with Gasteiger partial charge in [0.15, 0.2) is 5.76 Å². The minimum Gasteiger partial charge on any atom is -0.497 e.